The van der Waals surface area contributed by atoms with Crippen LogP contribution in [-0.2, 0) is 6.54 Å². The van der Waals surface area contributed by atoms with E-state index in [0.29, 0.717) is 13.2 Å². The van der Waals surface area contributed by atoms with Crippen LogP contribution in [0.25, 0.3) is 0 Å². The highest BCUT2D eigenvalue weighted by Crippen LogP contribution is 2.13. The van der Waals surface area contributed by atoms with Gasteiger partial charge in [-0.1, -0.05) is 12.1 Å². The number of thioether (sulfide) groups is 1. The smallest absolute Gasteiger partial charge is 0.191 e. The van der Waals surface area contributed by atoms with Gasteiger partial charge in [0.25, 0.3) is 0 Å². The van der Waals surface area contributed by atoms with Crippen LogP contribution in [0.5, 0.6) is 5.75 Å². The average molecular weight is 324 g/mol. The molecule has 1 aromatic carbocycles. The van der Waals surface area contributed by atoms with E-state index >= 15 is 0 Å². The van der Waals surface area contributed by atoms with Crippen LogP contribution in [0, 0.1) is 0 Å². The molecular weight excluding hydrogens is 294 g/mol. The zero-order valence-corrected chi connectivity index (χ0v) is 14.8. The van der Waals surface area contributed by atoms with Gasteiger partial charge in [0, 0.05) is 13.1 Å². The Kier molecular flexibility index (Phi) is 10.4. The predicted octanol–water partition coefficient (Wildman–Crippen LogP) is 3.28. The number of guanidine groups is 1. The van der Waals surface area contributed by atoms with Gasteiger partial charge < -0.3 is 15.4 Å². The summed E-state index contributed by atoms with van der Waals surface area (Å²) >= 11 is 1.90. The Balaban J connectivity index is 2.48. The van der Waals surface area contributed by atoms with E-state index in [0.717, 1.165) is 30.4 Å². The first kappa shape index (κ1) is 18.7. The third-order valence-corrected chi connectivity index (χ3v) is 3.74. The second-order valence-electron chi connectivity index (χ2n) is 4.90. The van der Waals surface area contributed by atoms with E-state index in [2.05, 4.69) is 40.9 Å². The van der Waals surface area contributed by atoms with Gasteiger partial charge in [-0.3, -0.25) is 0 Å². The van der Waals surface area contributed by atoms with E-state index in [9.17, 15) is 0 Å². The fourth-order valence-electron chi connectivity index (χ4n) is 1.99. The Labute approximate surface area is 139 Å². The van der Waals surface area contributed by atoms with E-state index in [4.69, 9.17) is 4.74 Å². The molecule has 0 heterocycles. The molecule has 0 aromatic heterocycles. The zero-order chi connectivity index (χ0) is 16.0. The van der Waals surface area contributed by atoms with E-state index in [1.54, 1.807) is 0 Å². The largest absolute Gasteiger partial charge is 0.494 e. The van der Waals surface area contributed by atoms with Crippen molar-refractivity contribution in [2.24, 2.45) is 4.99 Å². The van der Waals surface area contributed by atoms with Gasteiger partial charge in [0.2, 0.25) is 0 Å². The van der Waals surface area contributed by atoms with Crippen molar-refractivity contribution in [3.63, 3.8) is 0 Å². The van der Waals surface area contributed by atoms with Gasteiger partial charge in [-0.2, -0.15) is 11.8 Å². The molecule has 0 aliphatic carbocycles. The lowest BCUT2D eigenvalue weighted by Gasteiger charge is -2.11. The molecule has 0 saturated heterocycles. The molecule has 0 amide bonds. The minimum Gasteiger partial charge on any atom is -0.494 e. The quantitative estimate of drug-likeness (QED) is 0.394. The average Bonchev–Trinajstić information content (AvgIpc) is 2.53. The number of benzene rings is 1. The fourth-order valence-corrected chi connectivity index (χ4v) is 2.48. The molecule has 0 spiro atoms. The summed E-state index contributed by atoms with van der Waals surface area (Å²) in [6, 6.07) is 8.12. The minimum atomic E-state index is 0.654. The van der Waals surface area contributed by atoms with Crippen molar-refractivity contribution in [1.29, 1.82) is 0 Å². The van der Waals surface area contributed by atoms with Crippen LogP contribution in [-0.4, -0.2) is 37.7 Å². The van der Waals surface area contributed by atoms with Gasteiger partial charge in [0.1, 0.15) is 5.75 Å². The van der Waals surface area contributed by atoms with Crippen molar-refractivity contribution in [1.82, 2.24) is 10.6 Å². The number of unbranched alkanes of at least 4 members (excludes halogenated alkanes) is 1. The Morgan fingerprint density at radius 1 is 1.23 bits per heavy atom. The van der Waals surface area contributed by atoms with Crippen LogP contribution >= 0.6 is 11.8 Å². The topological polar surface area (TPSA) is 45.7 Å². The highest BCUT2D eigenvalue weighted by atomic mass is 32.2. The lowest BCUT2D eigenvalue weighted by Crippen LogP contribution is -2.37. The number of ether oxygens (including phenoxy) is 1. The summed E-state index contributed by atoms with van der Waals surface area (Å²) in [5.41, 5.74) is 1.16. The maximum Gasteiger partial charge on any atom is 0.191 e. The van der Waals surface area contributed by atoms with Crippen LogP contribution < -0.4 is 15.4 Å². The zero-order valence-electron chi connectivity index (χ0n) is 14.0. The first-order valence-electron chi connectivity index (χ1n) is 8.03. The molecule has 0 saturated carbocycles. The van der Waals surface area contributed by atoms with Crippen molar-refractivity contribution in [2.75, 3.05) is 31.7 Å². The summed E-state index contributed by atoms with van der Waals surface area (Å²) in [6.07, 6.45) is 4.56. The van der Waals surface area contributed by atoms with Crippen molar-refractivity contribution < 1.29 is 4.74 Å². The molecular formula is C17H29N3OS. The number of rotatable bonds is 10. The molecule has 22 heavy (non-hydrogen) atoms. The Morgan fingerprint density at radius 2 is 2.09 bits per heavy atom. The lowest BCUT2D eigenvalue weighted by atomic mass is 10.2. The van der Waals surface area contributed by atoms with E-state index in [1.165, 1.54) is 18.6 Å². The van der Waals surface area contributed by atoms with Gasteiger partial charge >= 0.3 is 0 Å². The Hall–Kier alpha value is -1.36. The van der Waals surface area contributed by atoms with Gasteiger partial charge in [0.15, 0.2) is 5.96 Å². The Morgan fingerprint density at radius 3 is 2.82 bits per heavy atom. The second-order valence-corrected chi connectivity index (χ2v) is 5.89. The summed E-state index contributed by atoms with van der Waals surface area (Å²) in [5, 5.41) is 6.67. The molecule has 0 aliphatic rings. The molecule has 4 nitrogen and oxygen atoms in total. The molecule has 0 radical (unpaired) electrons. The number of hydrogen-bond acceptors (Lipinski definition) is 3. The summed E-state index contributed by atoms with van der Waals surface area (Å²) in [7, 11) is 0. The number of aliphatic imine (C=N–C) groups is 1. The summed E-state index contributed by atoms with van der Waals surface area (Å²) in [5.74, 6) is 3.01. The van der Waals surface area contributed by atoms with E-state index in [1.807, 2.05) is 30.8 Å². The van der Waals surface area contributed by atoms with Crippen LogP contribution in [0.1, 0.15) is 32.3 Å². The monoisotopic (exact) mass is 323 g/mol. The lowest BCUT2D eigenvalue weighted by molar-refractivity contribution is 0.340. The molecule has 124 valence electrons. The molecule has 0 unspecified atom stereocenters. The summed E-state index contributed by atoms with van der Waals surface area (Å²) < 4.78 is 5.52. The van der Waals surface area contributed by atoms with Crippen molar-refractivity contribution >= 4 is 17.7 Å². The summed E-state index contributed by atoms with van der Waals surface area (Å²) in [6.45, 7) is 7.25. The first-order chi connectivity index (χ1) is 10.8. The predicted molar refractivity (Wildman–Crippen MR) is 98.0 cm³/mol. The van der Waals surface area contributed by atoms with Gasteiger partial charge in [-0.05, 0) is 56.4 Å². The molecule has 5 heteroatoms. The molecule has 2 N–H and O–H groups in total. The molecule has 0 aliphatic heterocycles. The summed E-state index contributed by atoms with van der Waals surface area (Å²) in [4.78, 5) is 4.64. The highest BCUT2D eigenvalue weighted by Gasteiger charge is 1.99. The fraction of sp³-hybridized carbons (Fsp3) is 0.588. The van der Waals surface area contributed by atoms with Crippen LogP contribution in [0.3, 0.4) is 0 Å². The van der Waals surface area contributed by atoms with Crippen molar-refractivity contribution in [3.05, 3.63) is 29.8 Å². The SMILES string of the molecule is CCNC(=NCc1cccc(OCC)c1)NCCCCSC. The number of hydrogen-bond donors (Lipinski definition) is 2. The maximum absolute atomic E-state index is 5.52. The molecule has 0 bridgehead atoms. The minimum absolute atomic E-state index is 0.654. The number of nitrogens with zero attached hydrogens (tertiary/aromatic N) is 1. The van der Waals surface area contributed by atoms with Crippen LogP contribution in [0.4, 0.5) is 0 Å². The highest BCUT2D eigenvalue weighted by molar-refractivity contribution is 7.98. The van der Waals surface area contributed by atoms with Gasteiger partial charge in [-0.25, -0.2) is 4.99 Å². The molecule has 1 aromatic rings. The standard InChI is InChI=1S/C17H29N3OS/c1-4-18-17(19-11-6-7-12-22-3)20-14-15-9-8-10-16(13-15)21-5-2/h8-10,13H,4-7,11-12,14H2,1-3H3,(H2,18,19,20). The maximum atomic E-state index is 5.52. The molecule has 1 rings (SSSR count). The van der Waals surface area contributed by atoms with Crippen molar-refractivity contribution in [2.45, 2.75) is 33.2 Å². The van der Waals surface area contributed by atoms with Crippen LogP contribution in [0.15, 0.2) is 29.3 Å². The van der Waals surface area contributed by atoms with E-state index in [-0.39, 0.29) is 0 Å². The van der Waals surface area contributed by atoms with Crippen molar-refractivity contribution in [3.8, 4) is 5.75 Å². The number of nitrogens with one attached hydrogen (secondary N) is 2. The molecule has 0 fully saturated rings. The first-order valence-corrected chi connectivity index (χ1v) is 9.42. The Bertz CT molecular complexity index is 438. The molecule has 0 atom stereocenters. The third kappa shape index (κ3) is 8.17. The second kappa shape index (κ2) is 12.2. The van der Waals surface area contributed by atoms with Crippen LogP contribution in [0.2, 0.25) is 0 Å². The normalized spacial score (nSPS) is 11.3. The van der Waals surface area contributed by atoms with E-state index < -0.39 is 0 Å². The third-order valence-electron chi connectivity index (χ3n) is 3.04. The van der Waals surface area contributed by atoms with Gasteiger partial charge in [-0.15, -0.1) is 0 Å². The van der Waals surface area contributed by atoms with Gasteiger partial charge in [0.05, 0.1) is 13.2 Å².